The summed E-state index contributed by atoms with van der Waals surface area (Å²) in [7, 11) is 1.82. The highest BCUT2D eigenvalue weighted by Gasteiger charge is 2.22. The smallest absolute Gasteiger partial charge is 0.255 e. The highest BCUT2D eigenvalue weighted by atomic mass is 16.2. The molecule has 1 aliphatic rings. The van der Waals surface area contributed by atoms with Crippen LogP contribution < -0.4 is 5.32 Å². The Morgan fingerprint density at radius 1 is 1.11 bits per heavy atom. The summed E-state index contributed by atoms with van der Waals surface area (Å²) in [5.74, 6) is 1.98. The van der Waals surface area contributed by atoms with E-state index < -0.39 is 0 Å². The van der Waals surface area contributed by atoms with Gasteiger partial charge in [-0.15, -0.1) is 0 Å². The van der Waals surface area contributed by atoms with Crippen LogP contribution in [-0.2, 0) is 0 Å². The largest absolute Gasteiger partial charge is 0.335 e. The van der Waals surface area contributed by atoms with Crippen LogP contribution in [0, 0.1) is 6.92 Å². The molecule has 0 aromatic carbocycles. The molecular weight excluding hydrogens is 352 g/mol. The van der Waals surface area contributed by atoms with Gasteiger partial charge < -0.3 is 10.2 Å². The Hall–Kier alpha value is -3.61. The van der Waals surface area contributed by atoms with Crippen molar-refractivity contribution in [3.63, 3.8) is 0 Å². The van der Waals surface area contributed by atoms with Gasteiger partial charge >= 0.3 is 0 Å². The Balaban J connectivity index is 1.57. The van der Waals surface area contributed by atoms with E-state index >= 15 is 0 Å². The van der Waals surface area contributed by atoms with E-state index in [9.17, 15) is 4.79 Å². The zero-order valence-corrected chi connectivity index (χ0v) is 15.7. The molecule has 3 aromatic rings. The van der Waals surface area contributed by atoms with E-state index in [0.29, 0.717) is 23.0 Å². The molecule has 1 atom stereocenters. The molecule has 4 rings (SSSR count). The van der Waals surface area contributed by atoms with Crippen molar-refractivity contribution in [2.45, 2.75) is 19.4 Å². The van der Waals surface area contributed by atoms with Gasteiger partial charge in [0.05, 0.1) is 11.6 Å². The van der Waals surface area contributed by atoms with Gasteiger partial charge in [0.15, 0.2) is 0 Å². The first kappa shape index (κ1) is 17.8. The summed E-state index contributed by atoms with van der Waals surface area (Å²) in [4.78, 5) is 31.5. The third-order valence-corrected chi connectivity index (χ3v) is 4.66. The summed E-state index contributed by atoms with van der Waals surface area (Å²) in [5, 5.41) is 3.18. The van der Waals surface area contributed by atoms with Crippen molar-refractivity contribution in [1.29, 1.82) is 0 Å². The predicted molar refractivity (Wildman–Crippen MR) is 107 cm³/mol. The number of hydrogen-bond donors (Lipinski definition) is 1. The van der Waals surface area contributed by atoms with Crippen molar-refractivity contribution in [3.8, 4) is 11.1 Å². The number of carbonyl (C=O) groups excluding carboxylic acids is 1. The maximum atomic E-state index is 12.7. The fourth-order valence-corrected chi connectivity index (χ4v) is 2.95. The van der Waals surface area contributed by atoms with E-state index in [1.165, 1.54) is 0 Å². The highest BCUT2D eigenvalue weighted by Crippen LogP contribution is 2.24. The van der Waals surface area contributed by atoms with Gasteiger partial charge in [-0.2, -0.15) is 0 Å². The Bertz CT molecular complexity index is 1050. The number of aryl methyl sites for hydroxylation is 1. The monoisotopic (exact) mass is 372 g/mol. The summed E-state index contributed by atoms with van der Waals surface area (Å²) in [6.45, 7) is 1.83. The summed E-state index contributed by atoms with van der Waals surface area (Å²) < 4.78 is 0. The molecule has 0 bridgehead atoms. The first-order valence-corrected chi connectivity index (χ1v) is 9.02. The van der Waals surface area contributed by atoms with E-state index in [-0.39, 0.29) is 11.9 Å². The Morgan fingerprint density at radius 3 is 2.68 bits per heavy atom. The second-order valence-electron chi connectivity index (χ2n) is 6.65. The average molecular weight is 372 g/mol. The third kappa shape index (κ3) is 3.73. The highest BCUT2D eigenvalue weighted by molar-refractivity contribution is 5.95. The number of pyridine rings is 2. The maximum Gasteiger partial charge on any atom is 0.255 e. The summed E-state index contributed by atoms with van der Waals surface area (Å²) in [6, 6.07) is 7.61. The van der Waals surface area contributed by atoms with Crippen molar-refractivity contribution >= 4 is 17.5 Å². The van der Waals surface area contributed by atoms with Crippen LogP contribution in [0.1, 0.15) is 22.6 Å². The fraction of sp³-hybridized carbons (Fsp3) is 0.190. The number of nitrogens with one attached hydrogen (secondary N) is 1. The van der Waals surface area contributed by atoms with E-state index in [1.807, 2.05) is 38.2 Å². The average Bonchev–Trinajstić information content (AvgIpc) is 2.66. The number of carbonyl (C=O) groups is 1. The first-order valence-electron chi connectivity index (χ1n) is 9.02. The van der Waals surface area contributed by atoms with Gasteiger partial charge in [-0.25, -0.2) is 15.0 Å². The molecule has 3 aromatic heterocycles. The second-order valence-corrected chi connectivity index (χ2v) is 6.65. The van der Waals surface area contributed by atoms with Crippen molar-refractivity contribution in [2.24, 2.45) is 0 Å². The lowest BCUT2D eigenvalue weighted by Crippen LogP contribution is -2.38. The van der Waals surface area contributed by atoms with E-state index in [4.69, 9.17) is 0 Å². The Kier molecular flexibility index (Phi) is 4.80. The third-order valence-electron chi connectivity index (χ3n) is 4.66. The molecule has 3 heterocycles. The van der Waals surface area contributed by atoms with Crippen molar-refractivity contribution in [1.82, 2.24) is 24.8 Å². The molecule has 0 fully saturated rings. The van der Waals surface area contributed by atoms with Gasteiger partial charge in [0.1, 0.15) is 17.5 Å². The molecule has 1 unspecified atom stereocenters. The number of aromatic nitrogens is 4. The number of amides is 1. The minimum absolute atomic E-state index is 0.0347. The fourth-order valence-electron chi connectivity index (χ4n) is 2.95. The minimum atomic E-state index is -0.0347. The molecule has 1 aliphatic carbocycles. The number of rotatable bonds is 5. The van der Waals surface area contributed by atoms with Crippen LogP contribution in [-0.4, -0.2) is 43.8 Å². The van der Waals surface area contributed by atoms with E-state index in [2.05, 4.69) is 31.3 Å². The van der Waals surface area contributed by atoms with Gasteiger partial charge in [0, 0.05) is 37.4 Å². The molecule has 1 amide bonds. The van der Waals surface area contributed by atoms with E-state index in [1.54, 1.807) is 35.8 Å². The lowest BCUT2D eigenvalue weighted by molar-refractivity contribution is 0.0752. The van der Waals surface area contributed by atoms with Crippen LogP contribution in [0.4, 0.5) is 11.6 Å². The SMILES string of the molecule is Cc1nccc(Nc2cc(-c3cncc(C(=O)N(C)C4C=CC4)c3)ccn2)n1. The number of hydrogen-bond acceptors (Lipinski definition) is 6. The lowest BCUT2D eigenvalue weighted by atomic mass is 10.0. The molecule has 0 saturated carbocycles. The van der Waals surface area contributed by atoms with Gasteiger partial charge in [-0.3, -0.25) is 9.78 Å². The molecular formula is C21H20N6O. The van der Waals surface area contributed by atoms with Crippen LogP contribution >= 0.6 is 0 Å². The van der Waals surface area contributed by atoms with Crippen LogP contribution in [0.25, 0.3) is 11.1 Å². The molecule has 0 spiro atoms. The topological polar surface area (TPSA) is 83.9 Å². The van der Waals surface area contributed by atoms with Gasteiger partial charge in [-0.1, -0.05) is 12.2 Å². The molecule has 140 valence electrons. The van der Waals surface area contributed by atoms with Crippen LogP contribution in [0.2, 0.25) is 0 Å². The summed E-state index contributed by atoms with van der Waals surface area (Å²) in [5.41, 5.74) is 2.34. The van der Waals surface area contributed by atoms with Gasteiger partial charge in [0.25, 0.3) is 5.91 Å². The quantitative estimate of drug-likeness (QED) is 0.691. The predicted octanol–water partition coefficient (Wildman–Crippen LogP) is 3.39. The zero-order valence-electron chi connectivity index (χ0n) is 15.7. The van der Waals surface area contributed by atoms with Crippen molar-refractivity contribution < 1.29 is 4.79 Å². The second kappa shape index (κ2) is 7.56. The minimum Gasteiger partial charge on any atom is -0.335 e. The maximum absolute atomic E-state index is 12.7. The Labute approximate surface area is 163 Å². The van der Waals surface area contributed by atoms with Crippen LogP contribution in [0.5, 0.6) is 0 Å². The summed E-state index contributed by atoms with van der Waals surface area (Å²) in [6.07, 6.45) is 11.8. The molecule has 28 heavy (non-hydrogen) atoms. The van der Waals surface area contributed by atoms with Crippen molar-refractivity contribution in [2.75, 3.05) is 12.4 Å². The van der Waals surface area contributed by atoms with Gasteiger partial charge in [-0.05, 0) is 43.2 Å². The Morgan fingerprint density at radius 2 is 1.93 bits per heavy atom. The van der Waals surface area contributed by atoms with E-state index in [0.717, 1.165) is 17.5 Å². The van der Waals surface area contributed by atoms with Crippen LogP contribution in [0.3, 0.4) is 0 Å². The molecule has 0 saturated heterocycles. The first-order chi connectivity index (χ1) is 13.6. The molecule has 0 aliphatic heterocycles. The number of likely N-dealkylation sites (N-methyl/N-ethyl adjacent to an activating group) is 1. The zero-order chi connectivity index (χ0) is 19.5. The van der Waals surface area contributed by atoms with Gasteiger partial charge in [0.2, 0.25) is 0 Å². The van der Waals surface area contributed by atoms with Crippen LogP contribution in [0.15, 0.2) is 61.2 Å². The van der Waals surface area contributed by atoms with Crippen molar-refractivity contribution in [3.05, 3.63) is 72.6 Å². The number of anilines is 2. The standard InChI is InChI=1S/C21H20N6O/c1-14-23-9-7-19(25-14)26-20-11-15(6-8-24-20)16-10-17(13-22-12-16)21(28)27(2)18-4-3-5-18/h3-4,6-13,18H,5H2,1-2H3,(H,23,24,25,26). The molecule has 1 N–H and O–H groups in total. The number of nitrogens with zero attached hydrogens (tertiary/aromatic N) is 5. The molecule has 7 heteroatoms. The molecule has 7 nitrogen and oxygen atoms in total. The normalized spacial score (nSPS) is 15.0. The molecule has 0 radical (unpaired) electrons. The lowest BCUT2D eigenvalue weighted by Gasteiger charge is -2.29. The summed E-state index contributed by atoms with van der Waals surface area (Å²) >= 11 is 0.